The summed E-state index contributed by atoms with van der Waals surface area (Å²) in [7, 11) is -3.44. The van der Waals surface area contributed by atoms with Crippen molar-refractivity contribution in [1.29, 1.82) is 0 Å². The van der Waals surface area contributed by atoms with Crippen molar-refractivity contribution in [3.63, 3.8) is 0 Å². The van der Waals surface area contributed by atoms with Gasteiger partial charge in [-0.15, -0.1) is 0 Å². The second-order valence-electron chi connectivity index (χ2n) is 3.84. The summed E-state index contributed by atoms with van der Waals surface area (Å²) in [6, 6.07) is 0. The van der Waals surface area contributed by atoms with E-state index in [1.54, 1.807) is 0 Å². The zero-order valence-electron chi connectivity index (χ0n) is 8.86. The standard InChI is InChI=1S/C8H17NO4S/c1-6(10)5-9-7(11)8(2,3)14(4,12)13/h6,10H,5H2,1-4H3,(H,9,11). The van der Waals surface area contributed by atoms with Crippen molar-refractivity contribution in [2.75, 3.05) is 12.8 Å². The highest BCUT2D eigenvalue weighted by Crippen LogP contribution is 2.14. The van der Waals surface area contributed by atoms with E-state index in [0.717, 1.165) is 6.26 Å². The van der Waals surface area contributed by atoms with E-state index >= 15 is 0 Å². The van der Waals surface area contributed by atoms with Crippen molar-refractivity contribution in [2.45, 2.75) is 31.6 Å². The van der Waals surface area contributed by atoms with E-state index < -0.39 is 26.6 Å². The van der Waals surface area contributed by atoms with E-state index in [1.165, 1.54) is 20.8 Å². The van der Waals surface area contributed by atoms with Gasteiger partial charge in [0, 0.05) is 12.8 Å². The zero-order valence-corrected chi connectivity index (χ0v) is 9.68. The average molecular weight is 223 g/mol. The van der Waals surface area contributed by atoms with Gasteiger partial charge in [0.05, 0.1) is 6.10 Å². The van der Waals surface area contributed by atoms with Crippen LogP contribution in [0.15, 0.2) is 0 Å². The molecule has 0 fully saturated rings. The van der Waals surface area contributed by atoms with Crippen molar-refractivity contribution in [1.82, 2.24) is 5.32 Å². The number of sulfone groups is 1. The predicted octanol–water partition coefficient (Wildman–Crippen LogP) is -0.693. The highest BCUT2D eigenvalue weighted by molar-refractivity contribution is 7.92. The van der Waals surface area contributed by atoms with Gasteiger partial charge in [0.15, 0.2) is 9.84 Å². The topological polar surface area (TPSA) is 83.5 Å². The molecule has 0 bridgehead atoms. The first kappa shape index (κ1) is 13.4. The largest absolute Gasteiger partial charge is 0.392 e. The molecule has 0 saturated carbocycles. The molecule has 0 rings (SSSR count). The molecule has 0 aliphatic heterocycles. The molecule has 0 radical (unpaired) electrons. The Morgan fingerprint density at radius 3 is 2.21 bits per heavy atom. The average Bonchev–Trinajstić information content (AvgIpc) is 1.97. The molecule has 0 saturated heterocycles. The summed E-state index contributed by atoms with van der Waals surface area (Å²) in [6.45, 7) is 4.23. The van der Waals surface area contributed by atoms with Gasteiger partial charge in [0.2, 0.25) is 5.91 Å². The molecule has 6 heteroatoms. The third kappa shape index (κ3) is 3.26. The highest BCUT2D eigenvalue weighted by Gasteiger charge is 2.38. The predicted molar refractivity (Wildman–Crippen MR) is 53.6 cm³/mol. The van der Waals surface area contributed by atoms with Crippen LogP contribution in [0.1, 0.15) is 20.8 Å². The molecule has 5 nitrogen and oxygen atoms in total. The van der Waals surface area contributed by atoms with Gasteiger partial charge < -0.3 is 10.4 Å². The molecule has 0 heterocycles. The van der Waals surface area contributed by atoms with Crippen LogP contribution in [0.5, 0.6) is 0 Å². The summed E-state index contributed by atoms with van der Waals surface area (Å²) < 4.78 is 21.0. The van der Waals surface area contributed by atoms with Crippen molar-refractivity contribution >= 4 is 15.7 Å². The Morgan fingerprint density at radius 2 is 1.93 bits per heavy atom. The van der Waals surface area contributed by atoms with Crippen LogP contribution in [0.4, 0.5) is 0 Å². The van der Waals surface area contributed by atoms with Gasteiger partial charge in [-0.2, -0.15) is 0 Å². The van der Waals surface area contributed by atoms with Gasteiger partial charge in [-0.3, -0.25) is 4.79 Å². The van der Waals surface area contributed by atoms with Crippen LogP contribution >= 0.6 is 0 Å². The number of carbonyl (C=O) groups excluding carboxylic acids is 1. The molecule has 84 valence electrons. The van der Waals surface area contributed by atoms with E-state index in [1.807, 2.05) is 0 Å². The van der Waals surface area contributed by atoms with E-state index in [9.17, 15) is 13.2 Å². The third-order valence-corrected chi connectivity index (χ3v) is 4.07. The number of aliphatic hydroxyl groups is 1. The van der Waals surface area contributed by atoms with Crippen LogP contribution in [0.25, 0.3) is 0 Å². The van der Waals surface area contributed by atoms with Crippen LogP contribution < -0.4 is 5.32 Å². The molecule has 0 aliphatic rings. The summed E-state index contributed by atoms with van der Waals surface area (Å²) in [5.74, 6) is -0.596. The first-order valence-electron chi connectivity index (χ1n) is 4.25. The lowest BCUT2D eigenvalue weighted by atomic mass is 10.2. The van der Waals surface area contributed by atoms with Crippen LogP contribution in [0.3, 0.4) is 0 Å². The Bertz CT molecular complexity index is 305. The van der Waals surface area contributed by atoms with Crippen molar-refractivity contribution in [3.05, 3.63) is 0 Å². The minimum atomic E-state index is -3.44. The third-order valence-electron chi connectivity index (χ3n) is 2.03. The summed E-state index contributed by atoms with van der Waals surface area (Å²) >= 11 is 0. The van der Waals surface area contributed by atoms with Gasteiger partial charge in [-0.25, -0.2) is 8.42 Å². The summed E-state index contributed by atoms with van der Waals surface area (Å²) in [6.07, 6.45) is 0.323. The second kappa shape index (κ2) is 4.27. The Balaban J connectivity index is 4.54. The van der Waals surface area contributed by atoms with Gasteiger partial charge in [-0.05, 0) is 20.8 Å². The molecule has 1 atom stereocenters. The maximum absolute atomic E-state index is 11.4. The highest BCUT2D eigenvalue weighted by atomic mass is 32.2. The summed E-state index contributed by atoms with van der Waals surface area (Å²) in [4.78, 5) is 11.4. The second-order valence-corrected chi connectivity index (χ2v) is 6.41. The number of hydrogen-bond donors (Lipinski definition) is 2. The van der Waals surface area contributed by atoms with E-state index in [0.29, 0.717) is 0 Å². The number of nitrogens with one attached hydrogen (secondary N) is 1. The molecule has 1 unspecified atom stereocenters. The van der Waals surface area contributed by atoms with Gasteiger partial charge >= 0.3 is 0 Å². The molecule has 0 aromatic rings. The van der Waals surface area contributed by atoms with Crippen molar-refractivity contribution < 1.29 is 18.3 Å². The van der Waals surface area contributed by atoms with Crippen LogP contribution in [-0.2, 0) is 14.6 Å². The van der Waals surface area contributed by atoms with Crippen molar-refractivity contribution in [2.24, 2.45) is 0 Å². The van der Waals surface area contributed by atoms with Gasteiger partial charge in [0.1, 0.15) is 4.75 Å². The molecule has 0 aromatic heterocycles. The Morgan fingerprint density at radius 1 is 1.50 bits per heavy atom. The number of carbonyl (C=O) groups is 1. The first-order valence-corrected chi connectivity index (χ1v) is 6.14. The molecular weight excluding hydrogens is 206 g/mol. The maximum atomic E-state index is 11.4. The fraction of sp³-hybridized carbons (Fsp3) is 0.875. The minimum Gasteiger partial charge on any atom is -0.392 e. The fourth-order valence-electron chi connectivity index (χ4n) is 0.622. The van der Waals surface area contributed by atoms with Gasteiger partial charge in [-0.1, -0.05) is 0 Å². The van der Waals surface area contributed by atoms with Crippen LogP contribution in [-0.4, -0.2) is 43.1 Å². The minimum absolute atomic E-state index is 0.0534. The van der Waals surface area contributed by atoms with Crippen molar-refractivity contribution in [3.8, 4) is 0 Å². The Labute approximate surface area is 84.4 Å². The van der Waals surface area contributed by atoms with E-state index in [-0.39, 0.29) is 6.54 Å². The first-order chi connectivity index (χ1) is 6.09. The lowest BCUT2D eigenvalue weighted by Crippen LogP contribution is -2.49. The molecule has 0 spiro atoms. The smallest absolute Gasteiger partial charge is 0.240 e. The molecule has 0 aliphatic carbocycles. The SMILES string of the molecule is CC(O)CNC(=O)C(C)(C)S(C)(=O)=O. The molecular formula is C8H17NO4S. The molecule has 14 heavy (non-hydrogen) atoms. The molecule has 0 aromatic carbocycles. The number of amides is 1. The molecule has 2 N–H and O–H groups in total. The van der Waals surface area contributed by atoms with E-state index in [2.05, 4.69) is 5.32 Å². The quantitative estimate of drug-likeness (QED) is 0.660. The zero-order chi connectivity index (χ0) is 11.6. The van der Waals surface area contributed by atoms with Crippen LogP contribution in [0, 0.1) is 0 Å². The normalized spacial score (nSPS) is 14.9. The Kier molecular flexibility index (Phi) is 4.08. The van der Waals surface area contributed by atoms with Gasteiger partial charge in [0.25, 0.3) is 0 Å². The lowest BCUT2D eigenvalue weighted by molar-refractivity contribution is -0.123. The fourth-order valence-corrected chi connectivity index (χ4v) is 1.03. The summed E-state index contributed by atoms with van der Waals surface area (Å²) in [5.41, 5.74) is 0. The van der Waals surface area contributed by atoms with Crippen LogP contribution in [0.2, 0.25) is 0 Å². The summed E-state index contributed by atoms with van der Waals surface area (Å²) in [5, 5.41) is 11.3. The van der Waals surface area contributed by atoms with E-state index in [4.69, 9.17) is 5.11 Å². The maximum Gasteiger partial charge on any atom is 0.240 e. The lowest BCUT2D eigenvalue weighted by Gasteiger charge is -2.21. The number of hydrogen-bond acceptors (Lipinski definition) is 4. The monoisotopic (exact) mass is 223 g/mol. The number of rotatable bonds is 4. The number of aliphatic hydroxyl groups excluding tert-OH is 1. The Hall–Kier alpha value is -0.620. The molecule has 1 amide bonds.